The molecular formula is C11H10Cl3N3S. The van der Waals surface area contributed by atoms with Gasteiger partial charge in [-0.1, -0.05) is 34.8 Å². The molecule has 0 aliphatic carbocycles. The van der Waals surface area contributed by atoms with Crippen LogP contribution in [0.5, 0.6) is 0 Å². The predicted molar refractivity (Wildman–Crippen MR) is 78.3 cm³/mol. The van der Waals surface area contributed by atoms with Gasteiger partial charge in [-0.3, -0.25) is 0 Å². The molecule has 0 aliphatic heterocycles. The number of thiazole rings is 1. The number of rotatable bonds is 4. The number of hydrogen-bond donors (Lipinski definition) is 1. The Hall–Kier alpha value is -0.550. The van der Waals surface area contributed by atoms with Crippen molar-refractivity contribution in [2.75, 3.05) is 11.9 Å². The molecule has 0 spiro atoms. The summed E-state index contributed by atoms with van der Waals surface area (Å²) < 4.78 is 0. The number of nitrogens with zero attached hydrogens (tertiary/aromatic N) is 2. The van der Waals surface area contributed by atoms with E-state index in [1.807, 2.05) is 12.3 Å². The normalized spacial score (nSPS) is 10.7. The van der Waals surface area contributed by atoms with Gasteiger partial charge >= 0.3 is 0 Å². The van der Waals surface area contributed by atoms with E-state index in [0.717, 1.165) is 17.1 Å². The van der Waals surface area contributed by atoms with Crippen molar-refractivity contribution in [1.29, 1.82) is 0 Å². The van der Waals surface area contributed by atoms with Crippen molar-refractivity contribution in [3.05, 3.63) is 37.3 Å². The molecule has 2 aromatic heterocycles. The molecule has 2 aromatic rings. The SMILES string of the molecule is Cc1nc(CCNc2nc(Cl)c(Cl)cc2Cl)cs1. The van der Waals surface area contributed by atoms with E-state index in [1.165, 1.54) is 0 Å². The van der Waals surface area contributed by atoms with Gasteiger partial charge in [-0.25, -0.2) is 9.97 Å². The molecule has 0 fully saturated rings. The van der Waals surface area contributed by atoms with Crippen molar-refractivity contribution in [3.8, 4) is 0 Å². The van der Waals surface area contributed by atoms with Crippen molar-refractivity contribution in [3.63, 3.8) is 0 Å². The zero-order valence-corrected chi connectivity index (χ0v) is 12.6. The maximum Gasteiger partial charge on any atom is 0.150 e. The minimum atomic E-state index is 0.244. The summed E-state index contributed by atoms with van der Waals surface area (Å²) in [4.78, 5) is 8.46. The van der Waals surface area contributed by atoms with Crippen molar-refractivity contribution >= 4 is 52.0 Å². The predicted octanol–water partition coefficient (Wildman–Crippen LogP) is 4.46. The summed E-state index contributed by atoms with van der Waals surface area (Å²) in [5.41, 5.74) is 1.06. The summed E-state index contributed by atoms with van der Waals surface area (Å²) in [7, 11) is 0. The lowest BCUT2D eigenvalue weighted by Gasteiger charge is -2.07. The van der Waals surface area contributed by atoms with Crippen LogP contribution in [0.1, 0.15) is 10.7 Å². The number of nitrogens with one attached hydrogen (secondary N) is 1. The van der Waals surface area contributed by atoms with Gasteiger partial charge in [0.2, 0.25) is 0 Å². The van der Waals surface area contributed by atoms with E-state index < -0.39 is 0 Å². The molecule has 96 valence electrons. The largest absolute Gasteiger partial charge is 0.368 e. The van der Waals surface area contributed by atoms with Crippen LogP contribution in [0.2, 0.25) is 15.2 Å². The van der Waals surface area contributed by atoms with Gasteiger partial charge in [0, 0.05) is 18.3 Å². The molecule has 0 aromatic carbocycles. The number of hydrogen-bond acceptors (Lipinski definition) is 4. The smallest absolute Gasteiger partial charge is 0.150 e. The van der Waals surface area contributed by atoms with E-state index in [-0.39, 0.29) is 5.15 Å². The van der Waals surface area contributed by atoms with Gasteiger partial charge in [-0.2, -0.15) is 0 Å². The standard InChI is InChI=1S/C11H10Cl3N3S/c1-6-16-7(5-18-6)2-3-15-11-9(13)4-8(12)10(14)17-11/h4-5H,2-3H2,1H3,(H,15,17). The summed E-state index contributed by atoms with van der Waals surface area (Å²) in [5, 5.41) is 7.28. The van der Waals surface area contributed by atoms with Crippen LogP contribution in [-0.2, 0) is 6.42 Å². The zero-order chi connectivity index (χ0) is 13.1. The lowest BCUT2D eigenvalue weighted by atomic mass is 10.3. The highest BCUT2D eigenvalue weighted by Gasteiger charge is 2.07. The first-order valence-corrected chi connectivity index (χ1v) is 7.24. The lowest BCUT2D eigenvalue weighted by Crippen LogP contribution is -2.07. The molecule has 0 saturated carbocycles. The third-order valence-electron chi connectivity index (χ3n) is 2.23. The summed E-state index contributed by atoms with van der Waals surface area (Å²) >= 11 is 19.3. The Bertz CT molecular complexity index is 556. The maximum atomic E-state index is 6.01. The number of halogens is 3. The third kappa shape index (κ3) is 3.48. The van der Waals surface area contributed by atoms with Gasteiger partial charge in [0.1, 0.15) is 11.0 Å². The molecule has 0 amide bonds. The maximum absolute atomic E-state index is 6.01. The van der Waals surface area contributed by atoms with Gasteiger partial charge in [0.15, 0.2) is 0 Å². The van der Waals surface area contributed by atoms with E-state index in [9.17, 15) is 0 Å². The topological polar surface area (TPSA) is 37.8 Å². The van der Waals surface area contributed by atoms with Crippen LogP contribution in [0.4, 0.5) is 5.82 Å². The second-order valence-electron chi connectivity index (χ2n) is 3.63. The fourth-order valence-corrected chi connectivity index (χ4v) is 2.61. The molecule has 2 rings (SSSR count). The lowest BCUT2D eigenvalue weighted by molar-refractivity contribution is 0.960. The second kappa shape index (κ2) is 6.06. The second-order valence-corrected chi connectivity index (χ2v) is 5.86. The fraction of sp³-hybridized carbons (Fsp3) is 0.273. The Kier molecular flexibility index (Phi) is 4.67. The van der Waals surface area contributed by atoms with Crippen LogP contribution in [0.3, 0.4) is 0 Å². The van der Waals surface area contributed by atoms with Crippen LogP contribution >= 0.6 is 46.1 Å². The Morgan fingerprint density at radius 1 is 1.22 bits per heavy atom. The van der Waals surface area contributed by atoms with Gasteiger partial charge < -0.3 is 5.32 Å². The molecule has 0 radical (unpaired) electrons. The van der Waals surface area contributed by atoms with E-state index in [2.05, 4.69) is 15.3 Å². The minimum absolute atomic E-state index is 0.244. The molecule has 0 bridgehead atoms. The van der Waals surface area contributed by atoms with Gasteiger partial charge in [0.25, 0.3) is 0 Å². The van der Waals surface area contributed by atoms with Crippen LogP contribution in [-0.4, -0.2) is 16.5 Å². The molecule has 0 saturated heterocycles. The first kappa shape index (κ1) is 13.9. The highest BCUT2D eigenvalue weighted by atomic mass is 35.5. The Labute approximate surface area is 124 Å². The molecule has 0 aliphatic rings. The number of aromatic nitrogens is 2. The number of aryl methyl sites for hydroxylation is 1. The highest BCUT2D eigenvalue weighted by Crippen LogP contribution is 2.28. The van der Waals surface area contributed by atoms with Crippen LogP contribution < -0.4 is 5.32 Å². The molecule has 0 unspecified atom stereocenters. The molecule has 7 heteroatoms. The molecule has 1 N–H and O–H groups in total. The van der Waals surface area contributed by atoms with Crippen molar-refractivity contribution < 1.29 is 0 Å². The van der Waals surface area contributed by atoms with Gasteiger partial charge in [0.05, 0.1) is 20.7 Å². The van der Waals surface area contributed by atoms with E-state index >= 15 is 0 Å². The fourth-order valence-electron chi connectivity index (χ4n) is 1.40. The summed E-state index contributed by atoms with van der Waals surface area (Å²) in [5.74, 6) is 0.540. The first-order chi connectivity index (χ1) is 8.56. The van der Waals surface area contributed by atoms with E-state index in [1.54, 1.807) is 17.4 Å². The average Bonchev–Trinajstić information content (AvgIpc) is 2.71. The molecule has 0 atom stereocenters. The van der Waals surface area contributed by atoms with Crippen LogP contribution in [0.25, 0.3) is 0 Å². The molecule has 3 nitrogen and oxygen atoms in total. The van der Waals surface area contributed by atoms with Crippen LogP contribution in [0, 0.1) is 6.92 Å². The monoisotopic (exact) mass is 321 g/mol. The van der Waals surface area contributed by atoms with Crippen molar-refractivity contribution in [2.24, 2.45) is 0 Å². The highest BCUT2D eigenvalue weighted by molar-refractivity contribution is 7.09. The third-order valence-corrected chi connectivity index (χ3v) is 4.01. The number of pyridine rings is 1. The van der Waals surface area contributed by atoms with Crippen LogP contribution in [0.15, 0.2) is 11.4 Å². The summed E-state index contributed by atoms with van der Waals surface area (Å²) in [6.45, 7) is 2.67. The molecule has 18 heavy (non-hydrogen) atoms. The quantitative estimate of drug-likeness (QED) is 0.844. The first-order valence-electron chi connectivity index (χ1n) is 5.22. The Balaban J connectivity index is 1.96. The molecule has 2 heterocycles. The van der Waals surface area contributed by atoms with Gasteiger partial charge in [-0.05, 0) is 13.0 Å². The Morgan fingerprint density at radius 3 is 2.67 bits per heavy atom. The van der Waals surface area contributed by atoms with E-state index in [4.69, 9.17) is 34.8 Å². The average molecular weight is 323 g/mol. The van der Waals surface area contributed by atoms with Gasteiger partial charge in [-0.15, -0.1) is 11.3 Å². The zero-order valence-electron chi connectivity index (χ0n) is 9.51. The Morgan fingerprint density at radius 2 is 2.00 bits per heavy atom. The van der Waals surface area contributed by atoms with E-state index in [0.29, 0.717) is 22.4 Å². The summed E-state index contributed by atoms with van der Waals surface area (Å²) in [6.07, 6.45) is 0.808. The minimum Gasteiger partial charge on any atom is -0.368 e. The van der Waals surface area contributed by atoms with Crippen molar-refractivity contribution in [2.45, 2.75) is 13.3 Å². The number of anilines is 1. The summed E-state index contributed by atoms with van der Waals surface area (Å²) in [6, 6.07) is 1.58. The van der Waals surface area contributed by atoms with Crippen molar-refractivity contribution in [1.82, 2.24) is 9.97 Å². The molecular weight excluding hydrogens is 313 g/mol.